The quantitative estimate of drug-likeness (QED) is 0.831. The zero-order valence-electron chi connectivity index (χ0n) is 10.0. The molecule has 0 aliphatic rings. The maximum Gasteiger partial charge on any atom is 0.183 e. The average Bonchev–Trinajstić information content (AvgIpc) is 2.66. The summed E-state index contributed by atoms with van der Waals surface area (Å²) in [6.07, 6.45) is 1.07. The molecule has 0 unspecified atom stereocenters. The smallest absolute Gasteiger partial charge is 0.183 e. The largest absolute Gasteiger partial charge is 0.361 e. The first-order chi connectivity index (χ1) is 8.15. The van der Waals surface area contributed by atoms with Crippen molar-refractivity contribution in [2.24, 2.45) is 0 Å². The number of aromatic nitrogens is 1. The first-order valence-electron chi connectivity index (χ1n) is 5.60. The third kappa shape index (κ3) is 3.38. The summed E-state index contributed by atoms with van der Waals surface area (Å²) in [6, 6.07) is 4.68. The van der Waals surface area contributed by atoms with E-state index in [-0.39, 0.29) is 5.82 Å². The molecule has 17 heavy (non-hydrogen) atoms. The molecule has 0 fully saturated rings. The van der Waals surface area contributed by atoms with Crippen molar-refractivity contribution in [1.82, 2.24) is 9.88 Å². The van der Waals surface area contributed by atoms with Gasteiger partial charge >= 0.3 is 0 Å². The Bertz CT molecular complexity index is 495. The lowest BCUT2D eigenvalue weighted by Gasteiger charge is -2.08. The van der Waals surface area contributed by atoms with Gasteiger partial charge in [0.15, 0.2) is 5.13 Å². The maximum absolute atomic E-state index is 13.0. The van der Waals surface area contributed by atoms with Gasteiger partial charge in [-0.3, -0.25) is 0 Å². The molecule has 0 saturated carbocycles. The van der Waals surface area contributed by atoms with Gasteiger partial charge in [-0.25, -0.2) is 9.37 Å². The zero-order valence-corrected chi connectivity index (χ0v) is 10.9. The van der Waals surface area contributed by atoms with Crippen LogP contribution >= 0.6 is 11.3 Å². The molecule has 1 aromatic carbocycles. The van der Waals surface area contributed by atoms with Crippen molar-refractivity contribution in [2.75, 3.05) is 32.5 Å². The fourth-order valence-electron chi connectivity index (χ4n) is 1.56. The van der Waals surface area contributed by atoms with Gasteiger partial charge in [-0.15, -0.1) is 0 Å². The maximum atomic E-state index is 13.0. The summed E-state index contributed by atoms with van der Waals surface area (Å²) in [5, 5.41) is 4.13. The molecule has 1 N–H and O–H groups in total. The van der Waals surface area contributed by atoms with E-state index in [1.165, 1.54) is 23.5 Å². The molecule has 0 radical (unpaired) electrons. The van der Waals surface area contributed by atoms with E-state index in [9.17, 15) is 4.39 Å². The number of halogens is 1. The number of benzene rings is 1. The third-order valence-corrected chi connectivity index (χ3v) is 3.38. The highest BCUT2D eigenvalue weighted by molar-refractivity contribution is 7.22. The molecule has 5 heteroatoms. The lowest BCUT2D eigenvalue weighted by atomic mass is 10.3. The van der Waals surface area contributed by atoms with Gasteiger partial charge in [0.05, 0.1) is 10.2 Å². The van der Waals surface area contributed by atoms with E-state index < -0.39 is 0 Å². The van der Waals surface area contributed by atoms with Crippen LogP contribution in [0.3, 0.4) is 0 Å². The van der Waals surface area contributed by atoms with E-state index in [1.807, 2.05) is 0 Å². The first kappa shape index (κ1) is 12.3. The van der Waals surface area contributed by atoms with E-state index >= 15 is 0 Å². The van der Waals surface area contributed by atoms with Crippen LogP contribution in [0.2, 0.25) is 0 Å². The molecule has 0 atom stereocenters. The standard InChI is InChI=1S/C12H16FN3S/c1-16(2)7-3-6-14-12-15-10-5-4-9(13)8-11(10)17-12/h4-5,8H,3,6-7H2,1-2H3,(H,14,15). The van der Waals surface area contributed by atoms with Crippen LogP contribution in [0.25, 0.3) is 10.2 Å². The number of hydrogen-bond acceptors (Lipinski definition) is 4. The molecular weight excluding hydrogens is 237 g/mol. The van der Waals surface area contributed by atoms with Gasteiger partial charge in [-0.2, -0.15) is 0 Å². The number of hydrogen-bond donors (Lipinski definition) is 1. The predicted octanol–water partition coefficient (Wildman–Crippen LogP) is 2.80. The van der Waals surface area contributed by atoms with E-state index in [1.54, 1.807) is 6.07 Å². The van der Waals surface area contributed by atoms with E-state index in [2.05, 4.69) is 29.3 Å². The summed E-state index contributed by atoms with van der Waals surface area (Å²) in [4.78, 5) is 6.55. The number of thiazole rings is 1. The van der Waals surface area contributed by atoms with Crippen LogP contribution in [-0.2, 0) is 0 Å². The molecule has 92 valence electrons. The van der Waals surface area contributed by atoms with Crippen molar-refractivity contribution in [1.29, 1.82) is 0 Å². The molecule has 3 nitrogen and oxygen atoms in total. The van der Waals surface area contributed by atoms with E-state index in [4.69, 9.17) is 0 Å². The molecule has 2 aromatic rings. The molecular formula is C12H16FN3S. The molecule has 2 rings (SSSR count). The van der Waals surface area contributed by atoms with Gasteiger partial charge in [0.25, 0.3) is 0 Å². The summed E-state index contributed by atoms with van der Waals surface area (Å²) >= 11 is 1.49. The average molecular weight is 253 g/mol. The second kappa shape index (κ2) is 5.42. The highest BCUT2D eigenvalue weighted by atomic mass is 32.1. The number of anilines is 1. The van der Waals surface area contributed by atoms with Crippen LogP contribution in [0.5, 0.6) is 0 Å². The normalized spacial score (nSPS) is 11.3. The third-order valence-electron chi connectivity index (χ3n) is 2.41. The molecule has 0 saturated heterocycles. The van der Waals surface area contributed by atoms with Crippen molar-refractivity contribution in [3.8, 4) is 0 Å². The Balaban J connectivity index is 1.95. The second-order valence-corrected chi connectivity index (χ2v) is 5.25. The minimum atomic E-state index is -0.208. The molecule has 0 amide bonds. The Labute approximate surface area is 104 Å². The Hall–Kier alpha value is -1.20. The monoisotopic (exact) mass is 253 g/mol. The van der Waals surface area contributed by atoms with Crippen LogP contribution in [0, 0.1) is 5.82 Å². The molecule has 0 bridgehead atoms. The predicted molar refractivity (Wildman–Crippen MR) is 71.2 cm³/mol. The van der Waals surface area contributed by atoms with Gasteiger partial charge in [-0.05, 0) is 45.3 Å². The Morgan fingerprint density at radius 2 is 2.24 bits per heavy atom. The van der Waals surface area contributed by atoms with Crippen molar-refractivity contribution in [3.63, 3.8) is 0 Å². The lowest BCUT2D eigenvalue weighted by Crippen LogP contribution is -2.16. The van der Waals surface area contributed by atoms with Gasteiger partial charge in [0.2, 0.25) is 0 Å². The van der Waals surface area contributed by atoms with E-state index in [0.717, 1.165) is 34.9 Å². The molecule has 1 aromatic heterocycles. The number of nitrogens with one attached hydrogen (secondary N) is 1. The number of rotatable bonds is 5. The number of fused-ring (bicyclic) bond motifs is 1. The van der Waals surface area contributed by atoms with Gasteiger partial charge in [-0.1, -0.05) is 11.3 Å². The molecule has 0 aliphatic heterocycles. The first-order valence-corrected chi connectivity index (χ1v) is 6.41. The van der Waals surface area contributed by atoms with Crippen LogP contribution in [0.4, 0.5) is 9.52 Å². The summed E-state index contributed by atoms with van der Waals surface area (Å²) in [5.41, 5.74) is 0.853. The zero-order chi connectivity index (χ0) is 12.3. The topological polar surface area (TPSA) is 28.2 Å². The van der Waals surface area contributed by atoms with Crippen molar-refractivity contribution in [2.45, 2.75) is 6.42 Å². The van der Waals surface area contributed by atoms with Crippen LogP contribution in [-0.4, -0.2) is 37.1 Å². The van der Waals surface area contributed by atoms with Crippen LogP contribution in [0.15, 0.2) is 18.2 Å². The minimum absolute atomic E-state index is 0.208. The van der Waals surface area contributed by atoms with E-state index in [0.29, 0.717) is 0 Å². The molecule has 0 spiro atoms. The van der Waals surface area contributed by atoms with Gasteiger partial charge in [0, 0.05) is 6.54 Å². The second-order valence-electron chi connectivity index (χ2n) is 4.21. The summed E-state index contributed by atoms with van der Waals surface area (Å²) in [5.74, 6) is -0.208. The Morgan fingerprint density at radius 1 is 1.41 bits per heavy atom. The molecule has 1 heterocycles. The van der Waals surface area contributed by atoms with Crippen molar-refractivity contribution < 1.29 is 4.39 Å². The van der Waals surface area contributed by atoms with Gasteiger partial charge < -0.3 is 10.2 Å². The van der Waals surface area contributed by atoms with Crippen LogP contribution in [0.1, 0.15) is 6.42 Å². The lowest BCUT2D eigenvalue weighted by molar-refractivity contribution is 0.405. The SMILES string of the molecule is CN(C)CCCNc1nc2ccc(F)cc2s1. The molecule has 0 aliphatic carbocycles. The fourth-order valence-corrected chi connectivity index (χ4v) is 2.48. The summed E-state index contributed by atoms with van der Waals surface area (Å²) < 4.78 is 13.9. The summed E-state index contributed by atoms with van der Waals surface area (Å²) in [6.45, 7) is 1.94. The van der Waals surface area contributed by atoms with Crippen molar-refractivity contribution >= 4 is 26.7 Å². The van der Waals surface area contributed by atoms with Crippen molar-refractivity contribution in [3.05, 3.63) is 24.0 Å². The number of nitrogens with zero attached hydrogens (tertiary/aromatic N) is 2. The Kier molecular flexibility index (Phi) is 3.91. The fraction of sp³-hybridized carbons (Fsp3) is 0.417. The summed E-state index contributed by atoms with van der Waals surface area (Å²) in [7, 11) is 4.11. The minimum Gasteiger partial charge on any atom is -0.361 e. The highest BCUT2D eigenvalue weighted by Gasteiger charge is 2.03. The highest BCUT2D eigenvalue weighted by Crippen LogP contribution is 2.26. The Morgan fingerprint density at radius 3 is 3.00 bits per heavy atom. The van der Waals surface area contributed by atoms with Crippen LogP contribution < -0.4 is 5.32 Å². The van der Waals surface area contributed by atoms with Gasteiger partial charge in [0.1, 0.15) is 5.82 Å².